The molecule has 0 spiro atoms. The van der Waals surface area contributed by atoms with Gasteiger partial charge in [0.15, 0.2) is 11.8 Å². The summed E-state index contributed by atoms with van der Waals surface area (Å²) in [5.74, 6) is -5.24. The molecule has 224 valence electrons. The average Bonchev–Trinajstić information content (AvgIpc) is 3.40. The number of hydrogen-bond acceptors (Lipinski definition) is 9. The van der Waals surface area contributed by atoms with E-state index in [1.54, 1.807) is 0 Å². The topological polar surface area (TPSA) is 177 Å². The Kier molecular flexibility index (Phi) is 7.12. The van der Waals surface area contributed by atoms with Crippen LogP contribution in [0.15, 0.2) is 46.4 Å². The van der Waals surface area contributed by atoms with E-state index in [0.717, 1.165) is 29.4 Å². The highest BCUT2D eigenvalue weighted by Crippen LogP contribution is 2.38. The fourth-order valence-corrected chi connectivity index (χ4v) is 4.35. The van der Waals surface area contributed by atoms with E-state index in [4.69, 9.17) is 14.5 Å². The summed E-state index contributed by atoms with van der Waals surface area (Å²) in [4.78, 5) is 52.3. The number of halogens is 6. The number of fused-ring (bicyclic) bond motifs is 1. The first-order valence-electron chi connectivity index (χ1n) is 11.4. The summed E-state index contributed by atoms with van der Waals surface area (Å²) in [6.45, 7) is -2.70. The zero-order valence-electron chi connectivity index (χ0n) is 20.5. The molecule has 1 fully saturated rings. The Morgan fingerprint density at radius 3 is 2.62 bits per heavy atom. The summed E-state index contributed by atoms with van der Waals surface area (Å²) in [6, 6.07) is 2.50. The molecule has 4 aromatic heterocycles. The molecular formula is C21H16F6N7O7P. The maximum atomic E-state index is 15.0. The summed E-state index contributed by atoms with van der Waals surface area (Å²) in [7, 11) is -5.04. The molecule has 42 heavy (non-hydrogen) atoms. The van der Waals surface area contributed by atoms with Gasteiger partial charge in [0.25, 0.3) is 5.56 Å². The van der Waals surface area contributed by atoms with Crippen molar-refractivity contribution in [2.24, 2.45) is 0 Å². The second kappa shape index (κ2) is 10.2. The Morgan fingerprint density at radius 2 is 1.93 bits per heavy atom. The summed E-state index contributed by atoms with van der Waals surface area (Å²) < 4.78 is 105. The van der Waals surface area contributed by atoms with Crippen LogP contribution in [0, 0.1) is 5.95 Å². The molecule has 1 atom stereocenters. The minimum Gasteiger partial charge on any atom is -0.482 e. The maximum absolute atomic E-state index is 15.0. The van der Waals surface area contributed by atoms with Gasteiger partial charge in [0.1, 0.15) is 23.9 Å². The molecule has 1 aliphatic rings. The van der Waals surface area contributed by atoms with Crippen LogP contribution in [0.3, 0.4) is 0 Å². The van der Waals surface area contributed by atoms with Gasteiger partial charge in [0.05, 0.1) is 30.5 Å². The maximum Gasteiger partial charge on any atom is 0.471 e. The van der Waals surface area contributed by atoms with Gasteiger partial charge in [-0.25, -0.2) is 23.1 Å². The Hall–Kier alpha value is -4.26. The van der Waals surface area contributed by atoms with Gasteiger partial charge in [-0.1, -0.05) is 0 Å². The number of phosphoric acid groups is 1. The number of rotatable bonds is 7. The van der Waals surface area contributed by atoms with Gasteiger partial charge < -0.3 is 19.4 Å². The van der Waals surface area contributed by atoms with E-state index in [1.165, 1.54) is 0 Å². The van der Waals surface area contributed by atoms with Crippen molar-refractivity contribution in [3.05, 3.63) is 69.3 Å². The highest BCUT2D eigenvalue weighted by Gasteiger charge is 2.51. The van der Waals surface area contributed by atoms with Crippen LogP contribution in [0.2, 0.25) is 0 Å². The SMILES string of the molecule is O=c1[nH]c(=O)n(COP(=O)(O)O)cc1-c1cc(N2CC(Oc3ccnc(C(F)(F)F)c3)C(F)(F)C2)c2ncc(F)n2n1. The highest BCUT2D eigenvalue weighted by atomic mass is 31.2. The number of H-pyrrole nitrogens is 1. The van der Waals surface area contributed by atoms with Crippen LogP contribution in [-0.2, 0) is 22.0 Å². The van der Waals surface area contributed by atoms with E-state index in [0.29, 0.717) is 21.3 Å². The van der Waals surface area contributed by atoms with Crippen molar-refractivity contribution >= 4 is 19.2 Å². The fourth-order valence-electron chi connectivity index (χ4n) is 4.08. The molecule has 3 N–H and O–H groups in total. The second-order valence-electron chi connectivity index (χ2n) is 8.87. The van der Waals surface area contributed by atoms with Crippen LogP contribution >= 0.6 is 7.82 Å². The first kappa shape index (κ1) is 29.2. The molecule has 0 radical (unpaired) electrons. The molecule has 5 heterocycles. The lowest BCUT2D eigenvalue weighted by atomic mass is 10.2. The molecule has 0 amide bonds. The summed E-state index contributed by atoms with van der Waals surface area (Å²) in [6.07, 6.45) is -4.57. The van der Waals surface area contributed by atoms with Crippen molar-refractivity contribution in [1.29, 1.82) is 0 Å². The monoisotopic (exact) mass is 623 g/mol. The number of alkyl halides is 5. The van der Waals surface area contributed by atoms with Crippen molar-refractivity contribution in [3.8, 4) is 17.0 Å². The van der Waals surface area contributed by atoms with Crippen molar-refractivity contribution < 1.29 is 50.0 Å². The molecule has 0 aliphatic carbocycles. The van der Waals surface area contributed by atoms with Crippen LogP contribution in [0.4, 0.5) is 32.0 Å². The molecular weight excluding hydrogens is 607 g/mol. The normalized spacial score (nSPS) is 17.2. The van der Waals surface area contributed by atoms with Gasteiger partial charge >= 0.3 is 25.6 Å². The van der Waals surface area contributed by atoms with Gasteiger partial charge in [-0.2, -0.15) is 27.2 Å². The number of anilines is 1. The van der Waals surface area contributed by atoms with Crippen LogP contribution in [0.5, 0.6) is 5.75 Å². The van der Waals surface area contributed by atoms with Crippen LogP contribution < -0.4 is 20.9 Å². The number of ether oxygens (including phenoxy) is 1. The van der Waals surface area contributed by atoms with E-state index in [-0.39, 0.29) is 17.0 Å². The zero-order valence-corrected chi connectivity index (χ0v) is 21.4. The Balaban J connectivity index is 1.53. The smallest absolute Gasteiger partial charge is 0.471 e. The largest absolute Gasteiger partial charge is 0.482 e. The molecule has 0 saturated carbocycles. The van der Waals surface area contributed by atoms with Crippen LogP contribution in [0.1, 0.15) is 5.69 Å². The molecule has 1 unspecified atom stereocenters. The van der Waals surface area contributed by atoms with E-state index in [1.807, 2.05) is 4.98 Å². The lowest BCUT2D eigenvalue weighted by Gasteiger charge is -2.20. The first-order valence-corrected chi connectivity index (χ1v) is 13.0. The van der Waals surface area contributed by atoms with E-state index in [9.17, 15) is 31.7 Å². The van der Waals surface area contributed by atoms with E-state index >= 15 is 8.78 Å². The fraction of sp³-hybridized carbons (Fsp3) is 0.286. The number of pyridine rings is 1. The van der Waals surface area contributed by atoms with Gasteiger partial charge in [-0.05, 0) is 12.1 Å². The Morgan fingerprint density at radius 1 is 1.19 bits per heavy atom. The molecule has 5 rings (SSSR count). The minimum absolute atomic E-state index is 0.191. The summed E-state index contributed by atoms with van der Waals surface area (Å²) in [5, 5.41) is 3.92. The number of nitrogens with zero attached hydrogens (tertiary/aromatic N) is 6. The van der Waals surface area contributed by atoms with Crippen LogP contribution in [0.25, 0.3) is 16.9 Å². The number of aromatic amines is 1. The van der Waals surface area contributed by atoms with Gasteiger partial charge in [0.2, 0.25) is 5.95 Å². The molecule has 4 aromatic rings. The molecule has 1 saturated heterocycles. The third kappa shape index (κ3) is 5.87. The van der Waals surface area contributed by atoms with Crippen molar-refractivity contribution in [3.63, 3.8) is 0 Å². The van der Waals surface area contributed by atoms with Gasteiger partial charge in [-0.3, -0.25) is 23.9 Å². The zero-order chi connectivity index (χ0) is 30.6. The van der Waals surface area contributed by atoms with Crippen LogP contribution in [-0.4, -0.2) is 64.0 Å². The Labute approximate surface area is 228 Å². The van der Waals surface area contributed by atoms with Gasteiger partial charge in [-0.15, -0.1) is 0 Å². The minimum atomic E-state index is -5.04. The Bertz CT molecular complexity index is 1840. The van der Waals surface area contributed by atoms with E-state index in [2.05, 4.69) is 19.6 Å². The number of nitrogens with one attached hydrogen (secondary N) is 1. The molecule has 14 nitrogen and oxygen atoms in total. The first-order chi connectivity index (χ1) is 19.5. The van der Waals surface area contributed by atoms with Crippen molar-refractivity contribution in [2.75, 3.05) is 18.0 Å². The molecule has 0 bridgehead atoms. The standard InChI is InChI=1S/C21H16F6N7O7P/c22-16-5-29-17-13(32-7-15(20(23,24)8-32)41-10-1-2-28-14(3-10)21(25,26)27)4-12(31-34(16)17)11-6-33(9-40-42(37,38)39)19(36)30-18(11)35/h1-6,15H,7-9H2,(H,30,35,36)(H2,37,38,39). The summed E-state index contributed by atoms with van der Waals surface area (Å²) in [5.41, 5.74) is -4.85. The molecule has 0 aromatic carbocycles. The number of phosphoric ester groups is 1. The predicted octanol–water partition coefficient (Wildman–Crippen LogP) is 1.77. The quantitative estimate of drug-likeness (QED) is 0.202. The lowest BCUT2D eigenvalue weighted by molar-refractivity contribution is -0.141. The average molecular weight is 623 g/mol. The molecule has 1 aliphatic heterocycles. The predicted molar refractivity (Wildman–Crippen MR) is 127 cm³/mol. The van der Waals surface area contributed by atoms with E-state index < -0.39 is 80.0 Å². The van der Waals surface area contributed by atoms with Crippen molar-refractivity contribution in [2.45, 2.75) is 24.9 Å². The summed E-state index contributed by atoms with van der Waals surface area (Å²) >= 11 is 0. The highest BCUT2D eigenvalue weighted by molar-refractivity contribution is 7.46. The lowest BCUT2D eigenvalue weighted by Crippen LogP contribution is -2.36. The second-order valence-corrected chi connectivity index (χ2v) is 10.1. The number of imidazole rings is 1. The number of hydrogen-bond donors (Lipinski definition) is 3. The number of aromatic nitrogens is 6. The third-order valence-corrected chi connectivity index (χ3v) is 6.41. The van der Waals surface area contributed by atoms with Crippen molar-refractivity contribution in [1.82, 2.24) is 29.1 Å². The third-order valence-electron chi connectivity index (χ3n) is 5.96. The van der Waals surface area contributed by atoms with Gasteiger partial charge in [0, 0.05) is 18.5 Å². The molecule has 21 heteroatoms.